The van der Waals surface area contributed by atoms with Crippen molar-refractivity contribution in [1.29, 1.82) is 0 Å². The van der Waals surface area contributed by atoms with Crippen LogP contribution in [0.3, 0.4) is 0 Å². The average molecular weight is 306 g/mol. The molecule has 0 fully saturated rings. The number of amides is 1. The average Bonchev–Trinajstić information content (AvgIpc) is 2.99. The number of nitrogens with zero attached hydrogens (tertiary/aromatic N) is 2. The molecule has 0 aliphatic rings. The number of carbonyl (C=O) groups is 1. The molecular formula is C13H14N4O3S. The van der Waals surface area contributed by atoms with Crippen molar-refractivity contribution in [2.24, 2.45) is 0 Å². The summed E-state index contributed by atoms with van der Waals surface area (Å²) >= 11 is 1.60. The lowest BCUT2D eigenvalue weighted by atomic mass is 10.2. The lowest BCUT2D eigenvalue weighted by molar-refractivity contribution is -0.385. The Balaban J connectivity index is 2.08. The van der Waals surface area contributed by atoms with E-state index in [0.29, 0.717) is 18.8 Å². The first-order valence-electron chi connectivity index (χ1n) is 6.24. The SMILES string of the molecule is CNc1cc(C(=O)NCCc2cccs2)c([N+](=O)[O-])cn1. The molecule has 0 saturated carbocycles. The first-order chi connectivity index (χ1) is 10.1. The zero-order valence-electron chi connectivity index (χ0n) is 11.3. The Hall–Kier alpha value is -2.48. The standard InChI is InChI=1S/C13H14N4O3S/c1-14-12-7-10(11(8-16-12)17(19)20)13(18)15-5-4-9-3-2-6-21-9/h2-3,6-8H,4-5H2,1H3,(H,14,16)(H,15,18). The van der Waals surface area contributed by atoms with Gasteiger partial charge in [0.05, 0.1) is 4.92 Å². The van der Waals surface area contributed by atoms with Crippen molar-refractivity contribution in [3.63, 3.8) is 0 Å². The van der Waals surface area contributed by atoms with E-state index in [1.165, 1.54) is 6.07 Å². The minimum atomic E-state index is -0.610. The normalized spacial score (nSPS) is 10.1. The van der Waals surface area contributed by atoms with Crippen LogP contribution in [0.2, 0.25) is 0 Å². The Morgan fingerprint density at radius 1 is 1.52 bits per heavy atom. The van der Waals surface area contributed by atoms with Crippen molar-refractivity contribution in [3.05, 3.63) is 50.3 Å². The highest BCUT2D eigenvalue weighted by molar-refractivity contribution is 7.09. The summed E-state index contributed by atoms with van der Waals surface area (Å²) in [4.78, 5) is 27.4. The molecular weight excluding hydrogens is 292 g/mol. The fraction of sp³-hybridized carbons (Fsp3) is 0.231. The van der Waals surface area contributed by atoms with Crippen LogP contribution in [0.25, 0.3) is 0 Å². The summed E-state index contributed by atoms with van der Waals surface area (Å²) in [6.45, 7) is 0.424. The molecule has 2 N–H and O–H groups in total. The lowest BCUT2D eigenvalue weighted by Gasteiger charge is -2.06. The van der Waals surface area contributed by atoms with Crippen LogP contribution in [-0.2, 0) is 6.42 Å². The second kappa shape index (κ2) is 6.80. The third-order valence-electron chi connectivity index (χ3n) is 2.82. The van der Waals surface area contributed by atoms with Crippen molar-refractivity contribution in [2.75, 3.05) is 18.9 Å². The molecule has 0 saturated heterocycles. The number of pyridine rings is 1. The number of aromatic nitrogens is 1. The Labute approximate surface area is 125 Å². The van der Waals surface area contributed by atoms with Gasteiger partial charge in [0.25, 0.3) is 11.6 Å². The van der Waals surface area contributed by atoms with Crippen LogP contribution >= 0.6 is 11.3 Å². The van der Waals surface area contributed by atoms with E-state index < -0.39 is 10.8 Å². The minimum absolute atomic E-state index is 0.00512. The Morgan fingerprint density at radius 3 is 2.95 bits per heavy atom. The number of carbonyl (C=O) groups excluding carboxylic acids is 1. The van der Waals surface area contributed by atoms with Crippen molar-refractivity contribution < 1.29 is 9.72 Å². The summed E-state index contributed by atoms with van der Waals surface area (Å²) in [5.74, 6) is -0.0684. The van der Waals surface area contributed by atoms with Gasteiger partial charge in [-0.25, -0.2) is 4.98 Å². The monoisotopic (exact) mass is 306 g/mol. The molecule has 110 valence electrons. The van der Waals surface area contributed by atoms with Crippen molar-refractivity contribution in [2.45, 2.75) is 6.42 Å². The van der Waals surface area contributed by atoms with Crippen LogP contribution < -0.4 is 10.6 Å². The summed E-state index contributed by atoms with van der Waals surface area (Å²) in [7, 11) is 1.63. The van der Waals surface area contributed by atoms with Crippen LogP contribution in [0, 0.1) is 10.1 Å². The molecule has 0 aromatic carbocycles. The summed E-state index contributed by atoms with van der Waals surface area (Å²) in [5, 5.41) is 18.4. The molecule has 0 unspecified atom stereocenters. The predicted molar refractivity (Wildman–Crippen MR) is 80.8 cm³/mol. The largest absolute Gasteiger partial charge is 0.373 e. The summed E-state index contributed by atoms with van der Waals surface area (Å²) in [6.07, 6.45) is 1.78. The highest BCUT2D eigenvalue weighted by Gasteiger charge is 2.21. The Morgan fingerprint density at radius 2 is 2.33 bits per heavy atom. The second-order valence-electron chi connectivity index (χ2n) is 4.18. The third-order valence-corrected chi connectivity index (χ3v) is 3.75. The van der Waals surface area contributed by atoms with Gasteiger partial charge in [0, 0.05) is 24.5 Å². The minimum Gasteiger partial charge on any atom is -0.373 e. The van der Waals surface area contributed by atoms with Crippen LogP contribution in [0.5, 0.6) is 0 Å². The fourth-order valence-electron chi connectivity index (χ4n) is 1.76. The molecule has 2 aromatic heterocycles. The number of nitro groups is 1. The van der Waals surface area contributed by atoms with Gasteiger partial charge in [-0.15, -0.1) is 11.3 Å². The predicted octanol–water partition coefficient (Wildman–Crippen LogP) is 2.07. The maximum Gasteiger partial charge on any atom is 0.300 e. The Bertz CT molecular complexity index is 643. The summed E-state index contributed by atoms with van der Waals surface area (Å²) < 4.78 is 0. The van der Waals surface area contributed by atoms with E-state index in [1.807, 2.05) is 17.5 Å². The van der Waals surface area contributed by atoms with Gasteiger partial charge < -0.3 is 10.6 Å². The van der Waals surface area contributed by atoms with Crippen molar-refractivity contribution in [3.8, 4) is 0 Å². The molecule has 2 heterocycles. The van der Waals surface area contributed by atoms with Gasteiger partial charge >= 0.3 is 0 Å². The molecule has 0 bridgehead atoms. The highest BCUT2D eigenvalue weighted by Crippen LogP contribution is 2.20. The van der Waals surface area contributed by atoms with E-state index in [1.54, 1.807) is 18.4 Å². The second-order valence-corrected chi connectivity index (χ2v) is 5.21. The molecule has 8 heteroatoms. The zero-order valence-corrected chi connectivity index (χ0v) is 12.1. The van der Waals surface area contributed by atoms with E-state index in [2.05, 4.69) is 15.6 Å². The first-order valence-corrected chi connectivity index (χ1v) is 7.12. The molecule has 7 nitrogen and oxygen atoms in total. The van der Waals surface area contributed by atoms with Crippen molar-refractivity contribution >= 4 is 28.7 Å². The van der Waals surface area contributed by atoms with Gasteiger partial charge in [0.15, 0.2) is 0 Å². The van der Waals surface area contributed by atoms with Gasteiger partial charge in [-0.1, -0.05) is 6.07 Å². The van der Waals surface area contributed by atoms with Gasteiger partial charge in [-0.3, -0.25) is 14.9 Å². The molecule has 0 atom stereocenters. The van der Waals surface area contributed by atoms with Gasteiger partial charge in [-0.05, 0) is 17.9 Å². The quantitative estimate of drug-likeness (QED) is 0.629. The van der Waals surface area contributed by atoms with E-state index >= 15 is 0 Å². The van der Waals surface area contributed by atoms with Gasteiger partial charge in [0.1, 0.15) is 17.6 Å². The summed E-state index contributed by atoms with van der Waals surface area (Å²) in [6, 6.07) is 5.29. The maximum absolute atomic E-state index is 12.1. The number of nitrogens with one attached hydrogen (secondary N) is 2. The van der Waals surface area contributed by atoms with E-state index in [-0.39, 0.29) is 11.3 Å². The molecule has 1 amide bonds. The summed E-state index contributed by atoms with van der Waals surface area (Å²) in [5.41, 5.74) is -0.298. The number of hydrogen-bond acceptors (Lipinski definition) is 6. The Kier molecular flexibility index (Phi) is 4.83. The van der Waals surface area contributed by atoms with E-state index in [4.69, 9.17) is 0 Å². The van der Waals surface area contributed by atoms with Crippen LogP contribution in [0.1, 0.15) is 15.2 Å². The molecule has 21 heavy (non-hydrogen) atoms. The first kappa shape index (κ1) is 14.9. The highest BCUT2D eigenvalue weighted by atomic mass is 32.1. The number of hydrogen-bond donors (Lipinski definition) is 2. The maximum atomic E-state index is 12.1. The molecule has 2 aromatic rings. The number of anilines is 1. The van der Waals surface area contributed by atoms with Crippen LogP contribution in [-0.4, -0.2) is 29.4 Å². The molecule has 0 spiro atoms. The molecule has 2 rings (SSSR count). The molecule has 0 radical (unpaired) electrons. The zero-order chi connectivity index (χ0) is 15.2. The number of thiophene rings is 1. The fourth-order valence-corrected chi connectivity index (χ4v) is 2.47. The third kappa shape index (κ3) is 3.76. The van der Waals surface area contributed by atoms with Gasteiger partial charge in [0.2, 0.25) is 0 Å². The van der Waals surface area contributed by atoms with E-state index in [0.717, 1.165) is 11.1 Å². The van der Waals surface area contributed by atoms with Gasteiger partial charge in [-0.2, -0.15) is 0 Å². The number of rotatable bonds is 6. The van der Waals surface area contributed by atoms with Crippen molar-refractivity contribution in [1.82, 2.24) is 10.3 Å². The van der Waals surface area contributed by atoms with Crippen LogP contribution in [0.15, 0.2) is 29.8 Å². The topological polar surface area (TPSA) is 97.2 Å². The lowest BCUT2D eigenvalue weighted by Crippen LogP contribution is -2.26. The van der Waals surface area contributed by atoms with Crippen LogP contribution in [0.4, 0.5) is 11.5 Å². The van der Waals surface area contributed by atoms with E-state index in [9.17, 15) is 14.9 Å². The molecule has 0 aliphatic carbocycles. The molecule has 0 aliphatic heterocycles. The smallest absolute Gasteiger partial charge is 0.300 e.